The summed E-state index contributed by atoms with van der Waals surface area (Å²) >= 11 is 3.45. The number of hydrogen-bond donors (Lipinski definition) is 1. The van der Waals surface area contributed by atoms with Gasteiger partial charge in [-0.05, 0) is 88.7 Å². The Morgan fingerprint density at radius 2 is 1.62 bits per heavy atom. The Balaban J connectivity index is 2.03. The molecule has 0 aromatic heterocycles. The molecule has 8 nitrogen and oxygen atoms in total. The molecule has 0 radical (unpaired) electrons. The molecule has 0 saturated carbocycles. The molecule has 3 rings (SSSR count). The van der Waals surface area contributed by atoms with Crippen molar-refractivity contribution >= 4 is 43.5 Å². The van der Waals surface area contributed by atoms with Gasteiger partial charge in [0.25, 0.3) is 10.0 Å². The number of sulfonamides is 1. The van der Waals surface area contributed by atoms with E-state index in [1.807, 2.05) is 52.0 Å². The Kier molecular flexibility index (Phi) is 10.4. The van der Waals surface area contributed by atoms with Crippen LogP contribution in [0.15, 0.2) is 88.2 Å². The number of hydrogen-bond acceptors (Lipinski definition) is 5. The van der Waals surface area contributed by atoms with Crippen LogP contribution in [0.1, 0.15) is 40.2 Å². The lowest BCUT2D eigenvalue weighted by atomic mass is 10.1. The Labute approximate surface area is 245 Å². The lowest BCUT2D eigenvalue weighted by Crippen LogP contribution is -2.54. The van der Waals surface area contributed by atoms with Crippen molar-refractivity contribution in [1.29, 1.82) is 0 Å². The number of nitrogens with zero attached hydrogens (tertiary/aromatic N) is 2. The molecule has 2 amide bonds. The van der Waals surface area contributed by atoms with Gasteiger partial charge in [-0.25, -0.2) is 8.42 Å². The molecule has 1 unspecified atom stereocenters. The van der Waals surface area contributed by atoms with Crippen LogP contribution in [0.2, 0.25) is 0 Å². The minimum Gasteiger partial charge on any atom is -0.494 e. The summed E-state index contributed by atoms with van der Waals surface area (Å²) in [6.45, 7) is 9.14. The summed E-state index contributed by atoms with van der Waals surface area (Å²) in [7, 11) is -4.13. The topological polar surface area (TPSA) is 96.0 Å². The van der Waals surface area contributed by atoms with Crippen LogP contribution in [-0.4, -0.2) is 49.9 Å². The van der Waals surface area contributed by atoms with Crippen LogP contribution in [0.3, 0.4) is 0 Å². The van der Waals surface area contributed by atoms with Crippen molar-refractivity contribution in [1.82, 2.24) is 10.2 Å². The fraction of sp³-hybridized carbons (Fsp3) is 0.333. The Bertz CT molecular complexity index is 1410. The summed E-state index contributed by atoms with van der Waals surface area (Å²) in [5, 5.41) is 2.92. The lowest BCUT2D eigenvalue weighted by Gasteiger charge is -2.33. The average Bonchev–Trinajstić information content (AvgIpc) is 2.90. The second-order valence-corrected chi connectivity index (χ2v) is 13.1. The average molecular weight is 631 g/mol. The summed E-state index contributed by atoms with van der Waals surface area (Å²) in [4.78, 5) is 28.6. The maximum absolute atomic E-state index is 14.0. The molecule has 1 N–H and O–H groups in total. The van der Waals surface area contributed by atoms with Crippen molar-refractivity contribution in [3.05, 3.63) is 88.9 Å². The van der Waals surface area contributed by atoms with Gasteiger partial charge in [0.05, 0.1) is 17.2 Å². The summed E-state index contributed by atoms with van der Waals surface area (Å²) in [6, 6.07) is 21.0. The molecule has 1 atom stereocenters. The van der Waals surface area contributed by atoms with Gasteiger partial charge in [-0.2, -0.15) is 0 Å². The highest BCUT2D eigenvalue weighted by atomic mass is 79.9. The largest absolute Gasteiger partial charge is 0.494 e. The second kappa shape index (κ2) is 13.3. The number of rotatable bonds is 11. The van der Waals surface area contributed by atoms with Gasteiger partial charge in [-0.3, -0.25) is 13.9 Å². The van der Waals surface area contributed by atoms with Gasteiger partial charge in [0, 0.05) is 16.6 Å². The second-order valence-electron chi connectivity index (χ2n) is 10.3. The number of anilines is 1. The SMILES string of the molecule is CCOc1ccc(N(CC(=O)N(Cc2cccc(Br)c2)C(C)C(=O)NC(C)(C)C)S(=O)(=O)c2ccccc2)cc1. The van der Waals surface area contributed by atoms with E-state index in [-0.39, 0.29) is 17.3 Å². The fourth-order valence-electron chi connectivity index (χ4n) is 4.01. The maximum Gasteiger partial charge on any atom is 0.264 e. The van der Waals surface area contributed by atoms with Gasteiger partial charge in [0.1, 0.15) is 18.3 Å². The van der Waals surface area contributed by atoms with Crippen molar-refractivity contribution in [2.24, 2.45) is 0 Å². The van der Waals surface area contributed by atoms with Crippen LogP contribution in [-0.2, 0) is 26.2 Å². The zero-order valence-corrected chi connectivity index (χ0v) is 25.8. The van der Waals surface area contributed by atoms with Crippen LogP contribution in [0, 0.1) is 0 Å². The van der Waals surface area contributed by atoms with Crippen molar-refractivity contribution in [3.8, 4) is 5.75 Å². The highest BCUT2D eigenvalue weighted by molar-refractivity contribution is 9.10. The van der Waals surface area contributed by atoms with E-state index in [9.17, 15) is 18.0 Å². The van der Waals surface area contributed by atoms with Crippen molar-refractivity contribution < 1.29 is 22.7 Å². The molecule has 3 aromatic carbocycles. The minimum absolute atomic E-state index is 0.0498. The normalized spacial score (nSPS) is 12.3. The first-order valence-electron chi connectivity index (χ1n) is 13.0. The van der Waals surface area contributed by atoms with Crippen molar-refractivity contribution in [3.63, 3.8) is 0 Å². The van der Waals surface area contributed by atoms with Gasteiger partial charge >= 0.3 is 0 Å². The molecule has 3 aromatic rings. The van der Waals surface area contributed by atoms with E-state index in [2.05, 4.69) is 21.2 Å². The van der Waals surface area contributed by atoms with Gasteiger partial charge in [-0.15, -0.1) is 0 Å². The van der Waals surface area contributed by atoms with Crippen LogP contribution >= 0.6 is 15.9 Å². The monoisotopic (exact) mass is 629 g/mol. The van der Waals surface area contributed by atoms with E-state index in [1.165, 1.54) is 17.0 Å². The first-order chi connectivity index (χ1) is 18.8. The molecule has 0 heterocycles. The van der Waals surface area contributed by atoms with Crippen LogP contribution in [0.5, 0.6) is 5.75 Å². The van der Waals surface area contributed by atoms with Crippen LogP contribution in [0.4, 0.5) is 5.69 Å². The number of carbonyl (C=O) groups excluding carboxylic acids is 2. The van der Waals surface area contributed by atoms with Gasteiger partial charge in [-0.1, -0.05) is 46.3 Å². The molecule has 0 aliphatic rings. The molecular formula is C30H36BrN3O5S. The van der Waals surface area contributed by atoms with E-state index in [1.54, 1.807) is 49.4 Å². The van der Waals surface area contributed by atoms with Gasteiger partial charge in [0.15, 0.2) is 0 Å². The Morgan fingerprint density at radius 3 is 2.20 bits per heavy atom. The number of benzene rings is 3. The smallest absolute Gasteiger partial charge is 0.264 e. The van der Waals surface area contributed by atoms with Crippen molar-refractivity contribution in [2.75, 3.05) is 17.5 Å². The van der Waals surface area contributed by atoms with E-state index in [0.717, 1.165) is 14.3 Å². The molecule has 0 spiro atoms. The van der Waals surface area contributed by atoms with Crippen LogP contribution in [0.25, 0.3) is 0 Å². The minimum atomic E-state index is -4.13. The Morgan fingerprint density at radius 1 is 0.975 bits per heavy atom. The number of carbonyl (C=O) groups is 2. The van der Waals surface area contributed by atoms with E-state index < -0.39 is 34.1 Å². The lowest BCUT2D eigenvalue weighted by molar-refractivity contribution is -0.140. The molecule has 10 heteroatoms. The summed E-state index contributed by atoms with van der Waals surface area (Å²) < 4.78 is 35.1. The van der Waals surface area contributed by atoms with Crippen LogP contribution < -0.4 is 14.4 Å². The molecule has 214 valence electrons. The summed E-state index contributed by atoms with van der Waals surface area (Å²) in [6.07, 6.45) is 0. The molecule has 0 aliphatic heterocycles. The zero-order valence-electron chi connectivity index (χ0n) is 23.4. The van der Waals surface area contributed by atoms with Crippen molar-refractivity contribution in [2.45, 2.75) is 57.6 Å². The molecule has 0 fully saturated rings. The Hall–Kier alpha value is -3.37. The zero-order chi connectivity index (χ0) is 29.5. The van der Waals surface area contributed by atoms with Gasteiger partial charge in [0.2, 0.25) is 11.8 Å². The fourth-order valence-corrected chi connectivity index (χ4v) is 5.89. The summed E-state index contributed by atoms with van der Waals surface area (Å²) in [5.74, 6) is -0.280. The first-order valence-corrected chi connectivity index (χ1v) is 15.2. The molecule has 0 bridgehead atoms. The number of ether oxygens (including phenoxy) is 1. The molecule has 40 heavy (non-hydrogen) atoms. The number of nitrogens with one attached hydrogen (secondary N) is 1. The number of halogens is 1. The predicted octanol–water partition coefficient (Wildman–Crippen LogP) is 5.38. The molecule has 0 saturated heterocycles. The standard InChI is InChI=1S/C30H36BrN3O5S/c1-6-39-26-17-15-25(16-18-26)34(40(37,38)27-13-8-7-9-14-27)21-28(35)33(20-23-11-10-12-24(31)19-23)22(2)29(36)32-30(3,4)5/h7-19,22H,6,20-21H2,1-5H3,(H,32,36). The van der Waals surface area contributed by atoms with E-state index >= 15 is 0 Å². The highest BCUT2D eigenvalue weighted by Crippen LogP contribution is 2.27. The first kappa shape index (κ1) is 31.2. The third-order valence-corrected chi connectivity index (χ3v) is 8.23. The van der Waals surface area contributed by atoms with E-state index in [4.69, 9.17) is 4.74 Å². The predicted molar refractivity (Wildman–Crippen MR) is 161 cm³/mol. The van der Waals surface area contributed by atoms with Gasteiger partial charge < -0.3 is 15.0 Å². The summed E-state index contributed by atoms with van der Waals surface area (Å²) in [5.41, 5.74) is 0.576. The number of amides is 2. The molecular weight excluding hydrogens is 594 g/mol. The third-order valence-electron chi connectivity index (χ3n) is 5.95. The highest BCUT2D eigenvalue weighted by Gasteiger charge is 2.33. The quantitative estimate of drug-likeness (QED) is 0.307. The third kappa shape index (κ3) is 8.32. The van der Waals surface area contributed by atoms with E-state index in [0.29, 0.717) is 18.0 Å². The molecule has 0 aliphatic carbocycles. The maximum atomic E-state index is 14.0.